The Labute approximate surface area is 265 Å². The molecule has 0 bridgehead atoms. The van der Waals surface area contributed by atoms with Gasteiger partial charge in [-0.2, -0.15) is 0 Å². The van der Waals surface area contributed by atoms with Crippen LogP contribution in [0.5, 0.6) is 23.0 Å². The monoisotopic (exact) mass is 632 g/mol. The zero-order valence-corrected chi connectivity index (χ0v) is 26.1. The zero-order chi connectivity index (χ0) is 31.6. The van der Waals surface area contributed by atoms with Crippen molar-refractivity contribution in [1.29, 1.82) is 0 Å². The molecule has 3 aromatic carbocycles. The van der Waals surface area contributed by atoms with Crippen LogP contribution in [0.3, 0.4) is 0 Å². The second-order valence-corrected chi connectivity index (χ2v) is 11.2. The van der Waals surface area contributed by atoms with Crippen molar-refractivity contribution >= 4 is 40.2 Å². The number of fused-ring (bicyclic) bond motifs is 2. The van der Waals surface area contributed by atoms with E-state index in [9.17, 15) is 14.4 Å². The average Bonchev–Trinajstić information content (AvgIpc) is 3.51. The molecule has 1 aliphatic rings. The molecule has 0 aliphatic carbocycles. The first kappa shape index (κ1) is 31.7. The maximum atomic E-state index is 13.6. The van der Waals surface area contributed by atoms with Crippen molar-refractivity contribution in [3.8, 4) is 23.0 Å². The van der Waals surface area contributed by atoms with Crippen molar-refractivity contribution in [1.82, 2.24) is 14.9 Å². The SMILES string of the molecule is CCOc1ccc(NC(=O)CSc2nc3cc4c(cc3c(=O)n2CCCCCC(=O)NCc2ccc(OC)cc2)OCO4)cc1. The minimum absolute atomic E-state index is 0.0267. The molecule has 0 atom stereocenters. The molecule has 45 heavy (non-hydrogen) atoms. The second kappa shape index (κ2) is 15.3. The summed E-state index contributed by atoms with van der Waals surface area (Å²) in [7, 11) is 1.61. The summed E-state index contributed by atoms with van der Waals surface area (Å²) in [5.74, 6) is 2.34. The van der Waals surface area contributed by atoms with Gasteiger partial charge in [-0.15, -0.1) is 0 Å². The molecule has 12 heteroatoms. The molecular formula is C33H36N4O7S. The molecule has 4 aromatic rings. The van der Waals surface area contributed by atoms with Gasteiger partial charge in [0.15, 0.2) is 16.7 Å². The van der Waals surface area contributed by atoms with Crippen LogP contribution in [-0.4, -0.2) is 47.6 Å². The van der Waals surface area contributed by atoms with Gasteiger partial charge >= 0.3 is 0 Å². The number of ether oxygens (including phenoxy) is 4. The largest absolute Gasteiger partial charge is 0.497 e. The summed E-state index contributed by atoms with van der Waals surface area (Å²) in [5.41, 5.74) is 1.90. The lowest BCUT2D eigenvalue weighted by Crippen LogP contribution is -2.25. The van der Waals surface area contributed by atoms with E-state index in [4.69, 9.17) is 23.9 Å². The van der Waals surface area contributed by atoms with E-state index in [1.807, 2.05) is 31.2 Å². The number of benzene rings is 3. The van der Waals surface area contributed by atoms with Crippen molar-refractivity contribution < 1.29 is 28.5 Å². The van der Waals surface area contributed by atoms with Crippen LogP contribution in [0.25, 0.3) is 10.9 Å². The maximum absolute atomic E-state index is 13.6. The molecule has 1 aliphatic heterocycles. The molecule has 0 saturated carbocycles. The molecule has 11 nitrogen and oxygen atoms in total. The summed E-state index contributed by atoms with van der Waals surface area (Å²) >= 11 is 1.19. The number of carbonyl (C=O) groups excluding carboxylic acids is 2. The van der Waals surface area contributed by atoms with Crippen molar-refractivity contribution in [3.05, 3.63) is 76.6 Å². The Morgan fingerprint density at radius 2 is 1.69 bits per heavy atom. The fourth-order valence-electron chi connectivity index (χ4n) is 4.79. The van der Waals surface area contributed by atoms with Crippen molar-refractivity contribution in [2.75, 3.05) is 31.6 Å². The second-order valence-electron chi connectivity index (χ2n) is 10.3. The molecule has 5 rings (SSSR count). The third-order valence-corrected chi connectivity index (χ3v) is 8.11. The molecule has 2 amide bonds. The van der Waals surface area contributed by atoms with Gasteiger partial charge in [-0.25, -0.2) is 4.98 Å². The van der Waals surface area contributed by atoms with Gasteiger partial charge in [-0.05, 0) is 67.8 Å². The van der Waals surface area contributed by atoms with E-state index in [0.717, 1.165) is 23.5 Å². The quantitative estimate of drug-likeness (QED) is 0.104. The summed E-state index contributed by atoms with van der Waals surface area (Å²) in [6, 6.07) is 18.1. The number of amides is 2. The Kier molecular flexibility index (Phi) is 10.8. The highest BCUT2D eigenvalue weighted by Gasteiger charge is 2.20. The zero-order valence-electron chi connectivity index (χ0n) is 25.3. The van der Waals surface area contributed by atoms with Gasteiger partial charge in [-0.3, -0.25) is 19.0 Å². The Morgan fingerprint density at radius 3 is 2.42 bits per heavy atom. The highest BCUT2D eigenvalue weighted by Crippen LogP contribution is 2.35. The summed E-state index contributed by atoms with van der Waals surface area (Å²) in [6.07, 6.45) is 2.47. The summed E-state index contributed by atoms with van der Waals surface area (Å²) in [6.45, 7) is 3.40. The number of hydrogen-bond acceptors (Lipinski definition) is 9. The summed E-state index contributed by atoms with van der Waals surface area (Å²) in [4.78, 5) is 43.5. The predicted molar refractivity (Wildman–Crippen MR) is 172 cm³/mol. The van der Waals surface area contributed by atoms with Crippen LogP contribution in [0.4, 0.5) is 5.69 Å². The van der Waals surface area contributed by atoms with E-state index < -0.39 is 0 Å². The fraction of sp³-hybridized carbons (Fsp3) is 0.333. The van der Waals surface area contributed by atoms with Gasteiger partial charge in [0.2, 0.25) is 18.6 Å². The normalized spacial score (nSPS) is 11.8. The Bertz CT molecular complexity index is 1690. The molecule has 2 N–H and O–H groups in total. The Balaban J connectivity index is 1.19. The van der Waals surface area contributed by atoms with Crippen LogP contribution in [0.2, 0.25) is 0 Å². The van der Waals surface area contributed by atoms with Crippen LogP contribution in [-0.2, 0) is 22.7 Å². The number of nitrogens with zero attached hydrogens (tertiary/aromatic N) is 2. The molecule has 236 valence electrons. The number of nitrogens with one attached hydrogen (secondary N) is 2. The minimum Gasteiger partial charge on any atom is -0.497 e. The average molecular weight is 633 g/mol. The molecule has 0 radical (unpaired) electrons. The van der Waals surface area contributed by atoms with Gasteiger partial charge in [0.1, 0.15) is 11.5 Å². The summed E-state index contributed by atoms with van der Waals surface area (Å²) in [5, 5.41) is 6.67. The Morgan fingerprint density at radius 1 is 0.956 bits per heavy atom. The van der Waals surface area contributed by atoms with Gasteiger partial charge in [0.05, 0.1) is 30.4 Å². The maximum Gasteiger partial charge on any atom is 0.262 e. The van der Waals surface area contributed by atoms with E-state index in [1.165, 1.54) is 11.8 Å². The number of anilines is 1. The molecule has 0 unspecified atom stereocenters. The number of thioether (sulfide) groups is 1. The van der Waals surface area contributed by atoms with Crippen LogP contribution in [0.15, 0.2) is 70.6 Å². The first-order valence-corrected chi connectivity index (χ1v) is 15.8. The van der Waals surface area contributed by atoms with Crippen molar-refractivity contribution in [2.45, 2.75) is 50.9 Å². The number of methoxy groups -OCH3 is 1. The van der Waals surface area contributed by atoms with E-state index in [1.54, 1.807) is 48.1 Å². The first-order chi connectivity index (χ1) is 21.9. The van der Waals surface area contributed by atoms with Gasteiger partial charge in [0, 0.05) is 31.3 Å². The van der Waals surface area contributed by atoms with Crippen LogP contribution in [0.1, 0.15) is 38.2 Å². The fourth-order valence-corrected chi connectivity index (χ4v) is 5.62. The van der Waals surface area contributed by atoms with E-state index in [0.29, 0.717) is 72.2 Å². The third-order valence-electron chi connectivity index (χ3n) is 7.13. The van der Waals surface area contributed by atoms with Crippen LogP contribution < -0.4 is 35.1 Å². The number of unbranched alkanes of at least 4 members (excludes halogenated alkanes) is 2. The molecular weight excluding hydrogens is 596 g/mol. The van der Waals surface area contributed by atoms with Crippen molar-refractivity contribution in [3.63, 3.8) is 0 Å². The first-order valence-electron chi connectivity index (χ1n) is 14.8. The minimum atomic E-state index is -0.226. The third kappa shape index (κ3) is 8.48. The van der Waals surface area contributed by atoms with Gasteiger partial charge in [-0.1, -0.05) is 30.3 Å². The molecule has 0 saturated heterocycles. The number of aromatic nitrogens is 2. The lowest BCUT2D eigenvalue weighted by atomic mass is 10.1. The number of carbonyl (C=O) groups is 2. The molecule has 0 spiro atoms. The highest BCUT2D eigenvalue weighted by molar-refractivity contribution is 7.99. The van der Waals surface area contributed by atoms with Gasteiger partial charge in [0.25, 0.3) is 5.56 Å². The molecule has 2 heterocycles. The lowest BCUT2D eigenvalue weighted by Gasteiger charge is -2.14. The molecule has 1 aromatic heterocycles. The van der Waals surface area contributed by atoms with Crippen LogP contribution >= 0.6 is 11.8 Å². The molecule has 0 fully saturated rings. The van der Waals surface area contributed by atoms with E-state index >= 15 is 0 Å². The standard InChI is InChI=1S/C33H36N4O7S/c1-3-42-25-14-10-23(11-15-25)35-31(39)20-45-33-36-27-18-29-28(43-21-44-29)17-26(27)32(40)37(33)16-6-4-5-7-30(38)34-19-22-8-12-24(41-2)13-9-22/h8-15,17-18H,3-7,16,19-21H2,1-2H3,(H,34,38)(H,35,39). The lowest BCUT2D eigenvalue weighted by molar-refractivity contribution is -0.121. The highest BCUT2D eigenvalue weighted by atomic mass is 32.2. The summed E-state index contributed by atoms with van der Waals surface area (Å²) < 4.78 is 23.2. The van der Waals surface area contributed by atoms with E-state index in [-0.39, 0.29) is 29.9 Å². The van der Waals surface area contributed by atoms with Crippen molar-refractivity contribution in [2.24, 2.45) is 0 Å². The smallest absolute Gasteiger partial charge is 0.262 e. The van der Waals surface area contributed by atoms with Gasteiger partial charge < -0.3 is 29.6 Å². The topological polar surface area (TPSA) is 130 Å². The predicted octanol–water partition coefficient (Wildman–Crippen LogP) is 5.14. The Hall–Kier alpha value is -4.71. The number of hydrogen-bond donors (Lipinski definition) is 2. The number of rotatable bonds is 15. The van der Waals surface area contributed by atoms with E-state index in [2.05, 4.69) is 10.6 Å². The van der Waals surface area contributed by atoms with Crippen LogP contribution in [0, 0.1) is 0 Å².